The van der Waals surface area contributed by atoms with Gasteiger partial charge in [-0.25, -0.2) is 0 Å². The molecule has 1 aliphatic heterocycles. The van der Waals surface area contributed by atoms with Crippen molar-refractivity contribution in [1.82, 2.24) is 0 Å². The third-order valence-electron chi connectivity index (χ3n) is 3.03. The molecule has 74 valence electrons. The van der Waals surface area contributed by atoms with Crippen LogP contribution in [0.2, 0.25) is 0 Å². The van der Waals surface area contributed by atoms with Gasteiger partial charge in [0.15, 0.2) is 0 Å². The van der Waals surface area contributed by atoms with Crippen LogP contribution in [-0.2, 0) is 14.9 Å². The molecule has 1 aromatic rings. The highest BCUT2D eigenvalue weighted by Crippen LogP contribution is 2.35. The Morgan fingerprint density at radius 1 is 1.36 bits per heavy atom. The van der Waals surface area contributed by atoms with Crippen LogP contribution in [0.5, 0.6) is 0 Å². The summed E-state index contributed by atoms with van der Waals surface area (Å²) in [5.41, 5.74) is 1.94. The average Bonchev–Trinajstić information content (AvgIpc) is 2.05. The first-order chi connectivity index (χ1) is 6.67. The van der Waals surface area contributed by atoms with E-state index in [1.54, 1.807) is 6.92 Å². The molecule has 1 aromatic carbocycles. The van der Waals surface area contributed by atoms with Crippen molar-refractivity contribution in [2.75, 3.05) is 13.2 Å². The summed E-state index contributed by atoms with van der Waals surface area (Å²) in [5.74, 6) is 0.207. The number of benzene rings is 1. The summed E-state index contributed by atoms with van der Waals surface area (Å²) in [5, 5.41) is 0. The molecule has 0 aliphatic carbocycles. The Hall–Kier alpha value is -1.15. The predicted molar refractivity (Wildman–Crippen MR) is 54.4 cm³/mol. The minimum atomic E-state index is -0.356. The lowest BCUT2D eigenvalue weighted by Crippen LogP contribution is -2.52. The number of rotatable bonds is 2. The number of Topliss-reactive ketones (excluding diaryl/α,β-unsaturated/α-hetero) is 1. The summed E-state index contributed by atoms with van der Waals surface area (Å²) in [7, 11) is 0. The Morgan fingerprint density at radius 2 is 2.00 bits per heavy atom. The molecule has 1 fully saturated rings. The fraction of sp³-hybridized carbons (Fsp3) is 0.417. The molecule has 14 heavy (non-hydrogen) atoms. The molecule has 0 bridgehead atoms. The fourth-order valence-electron chi connectivity index (χ4n) is 1.96. The van der Waals surface area contributed by atoms with Crippen LogP contribution in [0.1, 0.15) is 18.1 Å². The molecule has 2 nitrogen and oxygen atoms in total. The third kappa shape index (κ3) is 1.18. The van der Waals surface area contributed by atoms with Crippen LogP contribution in [-0.4, -0.2) is 19.0 Å². The van der Waals surface area contributed by atoms with E-state index in [0.29, 0.717) is 13.2 Å². The summed E-state index contributed by atoms with van der Waals surface area (Å²) < 4.78 is 5.19. The van der Waals surface area contributed by atoms with Crippen LogP contribution in [0.15, 0.2) is 24.3 Å². The zero-order chi connectivity index (χ0) is 10.2. The molecule has 0 unspecified atom stereocenters. The Balaban J connectivity index is 2.47. The highest BCUT2D eigenvalue weighted by Gasteiger charge is 2.45. The number of hydrogen-bond acceptors (Lipinski definition) is 2. The van der Waals surface area contributed by atoms with Gasteiger partial charge >= 0.3 is 0 Å². The summed E-state index contributed by atoms with van der Waals surface area (Å²) in [4.78, 5) is 11.6. The molecule has 0 amide bonds. The lowest BCUT2D eigenvalue weighted by Gasteiger charge is -2.40. The van der Waals surface area contributed by atoms with E-state index in [0.717, 1.165) is 5.56 Å². The zero-order valence-corrected chi connectivity index (χ0v) is 8.54. The first-order valence-electron chi connectivity index (χ1n) is 4.82. The number of ether oxygens (including phenoxy) is 1. The second kappa shape index (κ2) is 3.21. The molecule has 2 rings (SSSR count). The van der Waals surface area contributed by atoms with Crippen molar-refractivity contribution >= 4 is 5.78 Å². The SMILES string of the molecule is CC(=O)C1(c2ccccc2C)COC1. The lowest BCUT2D eigenvalue weighted by atomic mass is 9.74. The van der Waals surface area contributed by atoms with Crippen molar-refractivity contribution < 1.29 is 9.53 Å². The van der Waals surface area contributed by atoms with Crippen LogP contribution in [0.3, 0.4) is 0 Å². The van der Waals surface area contributed by atoms with Gasteiger partial charge in [-0.05, 0) is 25.0 Å². The van der Waals surface area contributed by atoms with E-state index in [-0.39, 0.29) is 11.2 Å². The molecule has 0 aromatic heterocycles. The highest BCUT2D eigenvalue weighted by atomic mass is 16.5. The maximum atomic E-state index is 11.6. The summed E-state index contributed by atoms with van der Waals surface area (Å²) in [6.45, 7) is 4.76. The number of hydrogen-bond donors (Lipinski definition) is 0. The maximum Gasteiger partial charge on any atom is 0.145 e. The van der Waals surface area contributed by atoms with Gasteiger partial charge in [0, 0.05) is 0 Å². The van der Waals surface area contributed by atoms with Crippen molar-refractivity contribution in [2.45, 2.75) is 19.3 Å². The van der Waals surface area contributed by atoms with Gasteiger partial charge in [-0.15, -0.1) is 0 Å². The summed E-state index contributed by atoms with van der Waals surface area (Å²) in [6, 6.07) is 8.04. The van der Waals surface area contributed by atoms with Crippen LogP contribution in [0, 0.1) is 6.92 Å². The number of carbonyl (C=O) groups is 1. The van der Waals surface area contributed by atoms with Crippen LogP contribution < -0.4 is 0 Å². The summed E-state index contributed by atoms with van der Waals surface area (Å²) in [6.07, 6.45) is 0. The largest absolute Gasteiger partial charge is 0.378 e. The maximum absolute atomic E-state index is 11.6. The van der Waals surface area contributed by atoms with E-state index >= 15 is 0 Å². The second-order valence-electron chi connectivity index (χ2n) is 3.95. The normalized spacial score (nSPS) is 18.7. The van der Waals surface area contributed by atoms with Gasteiger partial charge in [0.25, 0.3) is 0 Å². The second-order valence-corrected chi connectivity index (χ2v) is 3.95. The molecule has 0 radical (unpaired) electrons. The minimum absolute atomic E-state index is 0.207. The topological polar surface area (TPSA) is 26.3 Å². The molecule has 1 saturated heterocycles. The fourth-order valence-corrected chi connectivity index (χ4v) is 1.96. The predicted octanol–water partition coefficient (Wildman–Crippen LogP) is 1.85. The van der Waals surface area contributed by atoms with Crippen molar-refractivity contribution in [1.29, 1.82) is 0 Å². The Labute approximate surface area is 83.9 Å². The van der Waals surface area contributed by atoms with Gasteiger partial charge in [-0.2, -0.15) is 0 Å². The van der Waals surface area contributed by atoms with Crippen molar-refractivity contribution in [3.8, 4) is 0 Å². The molecule has 2 heteroatoms. The lowest BCUT2D eigenvalue weighted by molar-refractivity contribution is -0.140. The van der Waals surface area contributed by atoms with Gasteiger partial charge in [0.2, 0.25) is 0 Å². The molecule has 1 aliphatic rings. The molecule has 0 N–H and O–H groups in total. The first kappa shape index (κ1) is 9.41. The molecule has 0 spiro atoms. The molecule has 0 atom stereocenters. The highest BCUT2D eigenvalue weighted by molar-refractivity contribution is 5.89. The Kier molecular flexibility index (Phi) is 2.16. The van der Waals surface area contributed by atoms with Gasteiger partial charge in [0.05, 0.1) is 13.2 Å². The van der Waals surface area contributed by atoms with E-state index in [2.05, 4.69) is 0 Å². The Bertz CT molecular complexity index is 364. The van der Waals surface area contributed by atoms with Crippen LogP contribution in [0.4, 0.5) is 0 Å². The van der Waals surface area contributed by atoms with Crippen molar-refractivity contribution in [3.63, 3.8) is 0 Å². The number of carbonyl (C=O) groups excluding carboxylic acids is 1. The van der Waals surface area contributed by atoms with Crippen LogP contribution in [0.25, 0.3) is 0 Å². The van der Waals surface area contributed by atoms with Gasteiger partial charge in [-0.3, -0.25) is 4.79 Å². The van der Waals surface area contributed by atoms with Crippen LogP contribution >= 0.6 is 0 Å². The molecule has 0 saturated carbocycles. The average molecular weight is 190 g/mol. The van der Waals surface area contributed by atoms with Crippen molar-refractivity contribution in [2.24, 2.45) is 0 Å². The Morgan fingerprint density at radius 3 is 2.43 bits per heavy atom. The van der Waals surface area contributed by atoms with Gasteiger partial charge in [-0.1, -0.05) is 24.3 Å². The van der Waals surface area contributed by atoms with Gasteiger partial charge < -0.3 is 4.74 Å². The number of ketones is 1. The zero-order valence-electron chi connectivity index (χ0n) is 8.54. The minimum Gasteiger partial charge on any atom is -0.378 e. The van der Waals surface area contributed by atoms with E-state index in [4.69, 9.17) is 4.74 Å². The quantitative estimate of drug-likeness (QED) is 0.711. The van der Waals surface area contributed by atoms with E-state index in [9.17, 15) is 4.79 Å². The van der Waals surface area contributed by atoms with Crippen molar-refractivity contribution in [3.05, 3.63) is 35.4 Å². The monoisotopic (exact) mass is 190 g/mol. The first-order valence-corrected chi connectivity index (χ1v) is 4.82. The van der Waals surface area contributed by atoms with E-state index in [1.807, 2.05) is 31.2 Å². The molecular weight excluding hydrogens is 176 g/mol. The standard InChI is InChI=1S/C12H14O2/c1-9-5-3-4-6-11(9)12(10(2)13)7-14-8-12/h3-6H,7-8H2,1-2H3. The number of aryl methyl sites for hydroxylation is 1. The molecular formula is C12H14O2. The van der Waals surface area contributed by atoms with E-state index < -0.39 is 0 Å². The molecule has 1 heterocycles. The van der Waals surface area contributed by atoms with E-state index in [1.165, 1.54) is 5.56 Å². The third-order valence-corrected chi connectivity index (χ3v) is 3.03. The smallest absolute Gasteiger partial charge is 0.145 e. The van der Waals surface area contributed by atoms with Gasteiger partial charge in [0.1, 0.15) is 11.2 Å². The summed E-state index contributed by atoms with van der Waals surface area (Å²) >= 11 is 0.